The fraction of sp³-hybridized carbons (Fsp3) is 0.214. The minimum Gasteiger partial charge on any atom is -0.465 e. The Bertz CT molecular complexity index is 740. The van der Waals surface area contributed by atoms with Crippen molar-refractivity contribution < 1.29 is 13.9 Å². The number of aromatic amines is 1. The van der Waals surface area contributed by atoms with Crippen LogP contribution >= 0.6 is 12.2 Å². The Balaban J connectivity index is 2.64. The zero-order valence-corrected chi connectivity index (χ0v) is 12.1. The van der Waals surface area contributed by atoms with Gasteiger partial charge in [-0.15, -0.1) is 0 Å². The quantitative estimate of drug-likeness (QED) is 0.681. The molecule has 0 fully saturated rings. The third-order valence-corrected chi connectivity index (χ3v) is 3.23. The average molecular weight is 292 g/mol. The smallest absolute Gasteiger partial charge is 0.337 e. The monoisotopic (exact) mass is 292 g/mol. The third kappa shape index (κ3) is 2.75. The number of rotatable bonds is 2. The second kappa shape index (κ2) is 5.50. The van der Waals surface area contributed by atoms with E-state index in [1.54, 1.807) is 0 Å². The average Bonchev–Trinajstić information content (AvgIpc) is 2.41. The first-order valence-corrected chi connectivity index (χ1v) is 6.30. The first-order valence-electron chi connectivity index (χ1n) is 5.89. The standard InChI is InChI=1S/C14H13FN2O2S/c1-7-8(2)17-13(20)12(16-7)9-4-10(14(18)19-3)6-11(15)5-9/h4-6H,1-3H3,(H,17,20). The lowest BCUT2D eigenvalue weighted by atomic mass is 10.1. The van der Waals surface area contributed by atoms with Gasteiger partial charge in [0.1, 0.15) is 16.2 Å². The van der Waals surface area contributed by atoms with Crippen LogP contribution in [0.3, 0.4) is 0 Å². The molecule has 0 radical (unpaired) electrons. The van der Waals surface area contributed by atoms with Crippen LogP contribution in [0.15, 0.2) is 18.2 Å². The van der Waals surface area contributed by atoms with Crippen LogP contribution < -0.4 is 0 Å². The fourth-order valence-corrected chi connectivity index (χ4v) is 2.10. The SMILES string of the molecule is COC(=O)c1cc(F)cc(-c2nc(C)c(C)[nH]c2=S)c1. The molecule has 0 unspecified atom stereocenters. The van der Waals surface area contributed by atoms with E-state index in [0.717, 1.165) is 17.5 Å². The summed E-state index contributed by atoms with van der Waals surface area (Å²) in [7, 11) is 1.24. The summed E-state index contributed by atoms with van der Waals surface area (Å²) >= 11 is 5.21. The number of aromatic nitrogens is 2. The molecule has 104 valence electrons. The predicted octanol–water partition coefficient (Wildman–Crippen LogP) is 3.35. The van der Waals surface area contributed by atoms with Gasteiger partial charge in [0.2, 0.25) is 0 Å². The molecule has 0 aliphatic heterocycles. The second-order valence-electron chi connectivity index (χ2n) is 4.35. The number of halogens is 1. The van der Waals surface area contributed by atoms with Gasteiger partial charge in [0.05, 0.1) is 18.4 Å². The number of carbonyl (C=O) groups excluding carboxylic acids is 1. The Labute approximate surface area is 120 Å². The molecule has 0 saturated carbocycles. The molecule has 1 aromatic heterocycles. The van der Waals surface area contributed by atoms with Crippen LogP contribution in [0.5, 0.6) is 0 Å². The molecule has 2 rings (SSSR count). The number of carbonyl (C=O) groups is 1. The lowest BCUT2D eigenvalue weighted by molar-refractivity contribution is 0.0600. The Kier molecular flexibility index (Phi) is 3.94. The molecule has 0 spiro atoms. The first kappa shape index (κ1) is 14.3. The van der Waals surface area contributed by atoms with Gasteiger partial charge in [-0.3, -0.25) is 0 Å². The molecule has 2 aromatic rings. The molecule has 6 heteroatoms. The van der Waals surface area contributed by atoms with Crippen molar-refractivity contribution in [3.63, 3.8) is 0 Å². The molecule has 1 N–H and O–H groups in total. The third-order valence-electron chi connectivity index (χ3n) is 2.93. The molecule has 1 aromatic carbocycles. The molecule has 0 amide bonds. The zero-order chi connectivity index (χ0) is 14.9. The van der Waals surface area contributed by atoms with Crippen molar-refractivity contribution in [2.45, 2.75) is 13.8 Å². The molecule has 0 saturated heterocycles. The number of hydrogen-bond donors (Lipinski definition) is 1. The van der Waals surface area contributed by atoms with E-state index in [1.807, 2.05) is 13.8 Å². The largest absolute Gasteiger partial charge is 0.465 e. The van der Waals surface area contributed by atoms with Crippen LogP contribution in [0.1, 0.15) is 21.7 Å². The molecule has 0 aliphatic carbocycles. The Morgan fingerprint density at radius 1 is 1.35 bits per heavy atom. The van der Waals surface area contributed by atoms with Crippen molar-refractivity contribution in [3.8, 4) is 11.3 Å². The van der Waals surface area contributed by atoms with Gasteiger partial charge in [-0.05, 0) is 32.0 Å². The van der Waals surface area contributed by atoms with Gasteiger partial charge in [0.15, 0.2) is 0 Å². The predicted molar refractivity (Wildman–Crippen MR) is 75.6 cm³/mol. The molecule has 0 bridgehead atoms. The summed E-state index contributed by atoms with van der Waals surface area (Å²) in [5.74, 6) is -1.15. The number of H-pyrrole nitrogens is 1. The van der Waals surface area contributed by atoms with Crippen LogP contribution in [0.2, 0.25) is 0 Å². The topological polar surface area (TPSA) is 55.0 Å². The highest BCUT2D eigenvalue weighted by molar-refractivity contribution is 7.71. The van der Waals surface area contributed by atoms with Gasteiger partial charge in [-0.1, -0.05) is 12.2 Å². The van der Waals surface area contributed by atoms with E-state index in [4.69, 9.17) is 12.2 Å². The van der Waals surface area contributed by atoms with Crippen molar-refractivity contribution in [2.75, 3.05) is 7.11 Å². The lowest BCUT2D eigenvalue weighted by Gasteiger charge is -2.07. The van der Waals surface area contributed by atoms with E-state index in [9.17, 15) is 9.18 Å². The van der Waals surface area contributed by atoms with Crippen molar-refractivity contribution in [1.82, 2.24) is 9.97 Å². The minimum atomic E-state index is -0.607. The summed E-state index contributed by atoms with van der Waals surface area (Å²) in [5, 5.41) is 0. The van der Waals surface area contributed by atoms with Gasteiger partial charge in [-0.25, -0.2) is 14.2 Å². The summed E-state index contributed by atoms with van der Waals surface area (Å²) in [4.78, 5) is 18.9. The number of ether oxygens (including phenoxy) is 1. The molecular formula is C14H13FN2O2S. The van der Waals surface area contributed by atoms with Gasteiger partial charge in [-0.2, -0.15) is 0 Å². The molecule has 4 nitrogen and oxygen atoms in total. The van der Waals surface area contributed by atoms with Crippen molar-refractivity contribution in [3.05, 3.63) is 45.6 Å². The van der Waals surface area contributed by atoms with Gasteiger partial charge in [0, 0.05) is 11.3 Å². The van der Waals surface area contributed by atoms with Crippen LogP contribution in [0, 0.1) is 24.3 Å². The summed E-state index contributed by atoms with van der Waals surface area (Å²) in [6.45, 7) is 3.68. The molecule has 0 atom stereocenters. The number of esters is 1. The molecule has 20 heavy (non-hydrogen) atoms. The maximum absolute atomic E-state index is 13.6. The highest BCUT2D eigenvalue weighted by atomic mass is 32.1. The highest BCUT2D eigenvalue weighted by Crippen LogP contribution is 2.22. The van der Waals surface area contributed by atoms with E-state index in [0.29, 0.717) is 15.9 Å². The summed E-state index contributed by atoms with van der Waals surface area (Å²) < 4.78 is 18.6. The molecule has 1 heterocycles. The Hall–Kier alpha value is -2.08. The van der Waals surface area contributed by atoms with E-state index >= 15 is 0 Å². The number of hydrogen-bond acceptors (Lipinski definition) is 4. The number of methoxy groups -OCH3 is 1. The maximum atomic E-state index is 13.6. The molecular weight excluding hydrogens is 279 g/mol. The van der Waals surface area contributed by atoms with Gasteiger partial charge >= 0.3 is 5.97 Å². The second-order valence-corrected chi connectivity index (χ2v) is 4.75. The van der Waals surface area contributed by atoms with E-state index in [2.05, 4.69) is 14.7 Å². The first-order chi connectivity index (χ1) is 9.42. The van der Waals surface area contributed by atoms with Crippen LogP contribution in [0.4, 0.5) is 4.39 Å². The summed E-state index contributed by atoms with van der Waals surface area (Å²) in [6, 6.07) is 3.91. The number of aryl methyl sites for hydroxylation is 2. The van der Waals surface area contributed by atoms with Gasteiger partial charge in [0.25, 0.3) is 0 Å². The number of benzene rings is 1. The van der Waals surface area contributed by atoms with Crippen molar-refractivity contribution in [1.29, 1.82) is 0 Å². The normalized spacial score (nSPS) is 10.4. The highest BCUT2D eigenvalue weighted by Gasteiger charge is 2.12. The molecule has 0 aliphatic rings. The number of nitrogens with one attached hydrogen (secondary N) is 1. The number of nitrogens with zero attached hydrogens (tertiary/aromatic N) is 1. The van der Waals surface area contributed by atoms with Crippen LogP contribution in [-0.2, 0) is 4.74 Å². The van der Waals surface area contributed by atoms with Gasteiger partial charge < -0.3 is 9.72 Å². The van der Waals surface area contributed by atoms with Crippen molar-refractivity contribution >= 4 is 18.2 Å². The van der Waals surface area contributed by atoms with E-state index in [-0.39, 0.29) is 5.56 Å². The maximum Gasteiger partial charge on any atom is 0.337 e. The van der Waals surface area contributed by atoms with E-state index in [1.165, 1.54) is 19.2 Å². The minimum absolute atomic E-state index is 0.122. The summed E-state index contributed by atoms with van der Waals surface area (Å²) in [5.41, 5.74) is 2.61. The Morgan fingerprint density at radius 3 is 2.70 bits per heavy atom. The lowest BCUT2D eigenvalue weighted by Crippen LogP contribution is -2.03. The van der Waals surface area contributed by atoms with E-state index < -0.39 is 11.8 Å². The zero-order valence-electron chi connectivity index (χ0n) is 11.3. The Morgan fingerprint density at radius 2 is 2.05 bits per heavy atom. The van der Waals surface area contributed by atoms with Crippen LogP contribution in [-0.4, -0.2) is 23.0 Å². The van der Waals surface area contributed by atoms with Crippen LogP contribution in [0.25, 0.3) is 11.3 Å². The van der Waals surface area contributed by atoms with Crippen molar-refractivity contribution in [2.24, 2.45) is 0 Å². The summed E-state index contributed by atoms with van der Waals surface area (Å²) in [6.07, 6.45) is 0. The fourth-order valence-electron chi connectivity index (χ4n) is 1.78.